The summed E-state index contributed by atoms with van der Waals surface area (Å²) in [4.78, 5) is 57.5. The van der Waals surface area contributed by atoms with Crippen LogP contribution in [0.4, 0.5) is 28.4 Å². The highest BCUT2D eigenvalue weighted by atomic mass is 19.4. The van der Waals surface area contributed by atoms with E-state index < -0.39 is 54.2 Å². The van der Waals surface area contributed by atoms with Crippen molar-refractivity contribution in [1.82, 2.24) is 9.80 Å². The van der Waals surface area contributed by atoms with Gasteiger partial charge in [0.25, 0.3) is 0 Å². The number of allylic oxidation sites excluding steroid dienone is 1. The number of amides is 3. The van der Waals surface area contributed by atoms with Gasteiger partial charge in [-0.3, -0.25) is 19.4 Å². The molecule has 48 heavy (non-hydrogen) atoms. The molecule has 2 aliphatic heterocycles. The van der Waals surface area contributed by atoms with Crippen molar-refractivity contribution < 1.29 is 42.2 Å². The van der Waals surface area contributed by atoms with Crippen LogP contribution in [-0.2, 0) is 27.1 Å². The molecule has 1 fully saturated rings. The normalized spacial score (nSPS) is 18.4. The number of nitriles is 1. The average molecular weight is 661 g/mol. The molecular formula is C35H31F3N4O6. The number of carbonyl (C=O) groups excluding carboxylic acids is 3. The highest BCUT2D eigenvalue weighted by molar-refractivity contribution is 6.08. The Morgan fingerprint density at radius 1 is 1.00 bits per heavy atom. The van der Waals surface area contributed by atoms with Crippen molar-refractivity contribution in [3.63, 3.8) is 0 Å². The van der Waals surface area contributed by atoms with E-state index in [1.54, 1.807) is 24.3 Å². The smallest absolute Gasteiger partial charge is 0.416 e. The maximum Gasteiger partial charge on any atom is 0.416 e. The fourth-order valence-electron chi connectivity index (χ4n) is 6.09. The second-order valence-corrected chi connectivity index (χ2v) is 11.4. The third kappa shape index (κ3) is 7.02. The average Bonchev–Trinajstić information content (AvgIpc) is 3.08. The predicted octanol–water partition coefficient (Wildman–Crippen LogP) is 6.68. The lowest BCUT2D eigenvalue weighted by molar-refractivity contribution is -0.138. The Morgan fingerprint density at radius 3 is 2.35 bits per heavy atom. The lowest BCUT2D eigenvalue weighted by Gasteiger charge is -2.44. The standard InChI is InChI=1S/C35H31F3N4O6/c1-22-30(32(45)28-12-5-6-17-40(28)34(47)48-21-24-8-3-2-4-9-24)31(25-15-13-23(19-39)14-16-25)41(20-29(43)44)33(46)42(22)27-11-7-10-26(18-27)35(36,37)38/h2-4,7-11,13-16,18,28,31H,5-6,12,17,20-21H2,1H3,(H,43,44). The number of Topliss-reactive ketones (excluding diaryl/α,β-unsaturated/α-hetero) is 1. The van der Waals surface area contributed by atoms with Crippen LogP contribution in [0.15, 0.2) is 90.1 Å². The van der Waals surface area contributed by atoms with E-state index >= 15 is 0 Å². The lowest BCUT2D eigenvalue weighted by Crippen LogP contribution is -2.55. The first kappa shape index (κ1) is 33.7. The lowest BCUT2D eigenvalue weighted by atomic mass is 9.84. The number of halogens is 3. The van der Waals surface area contributed by atoms with Crippen LogP contribution in [0.1, 0.15) is 54.5 Å². The molecule has 3 aromatic rings. The molecule has 3 amide bonds. The van der Waals surface area contributed by atoms with Crippen molar-refractivity contribution in [2.24, 2.45) is 0 Å². The van der Waals surface area contributed by atoms with Crippen molar-refractivity contribution in [2.45, 2.75) is 51.1 Å². The molecule has 10 nitrogen and oxygen atoms in total. The van der Waals surface area contributed by atoms with Crippen LogP contribution < -0.4 is 4.90 Å². The Morgan fingerprint density at radius 2 is 1.71 bits per heavy atom. The van der Waals surface area contributed by atoms with Crippen LogP contribution in [0.25, 0.3) is 0 Å². The molecule has 1 N–H and O–H groups in total. The summed E-state index contributed by atoms with van der Waals surface area (Å²) in [5, 5.41) is 19.2. The van der Waals surface area contributed by atoms with Gasteiger partial charge in [-0.05, 0) is 67.6 Å². The van der Waals surface area contributed by atoms with Crippen LogP contribution >= 0.6 is 0 Å². The van der Waals surface area contributed by atoms with Crippen molar-refractivity contribution in [2.75, 3.05) is 18.0 Å². The Labute approximate surface area is 274 Å². The quantitative estimate of drug-likeness (QED) is 0.285. The largest absolute Gasteiger partial charge is 0.480 e. The number of carbonyl (C=O) groups is 4. The van der Waals surface area contributed by atoms with E-state index in [0.29, 0.717) is 18.4 Å². The van der Waals surface area contributed by atoms with Crippen molar-refractivity contribution in [3.05, 3.63) is 112 Å². The Bertz CT molecular complexity index is 1790. The minimum absolute atomic E-state index is 0.0245. The van der Waals surface area contributed by atoms with Gasteiger partial charge in [0.05, 0.1) is 35.0 Å². The monoisotopic (exact) mass is 660 g/mol. The third-order valence-electron chi connectivity index (χ3n) is 8.35. The fraction of sp³-hybridized carbons (Fsp3) is 0.286. The number of ketones is 1. The van der Waals surface area contributed by atoms with E-state index in [0.717, 1.165) is 33.6 Å². The number of likely N-dealkylation sites (tertiary alicyclic amines) is 1. The van der Waals surface area contributed by atoms with Crippen molar-refractivity contribution in [3.8, 4) is 6.07 Å². The van der Waals surface area contributed by atoms with Gasteiger partial charge in [-0.25, -0.2) is 9.59 Å². The molecule has 248 valence electrons. The number of alkyl halides is 3. The first-order chi connectivity index (χ1) is 22.9. The number of benzene rings is 3. The zero-order chi connectivity index (χ0) is 34.6. The Kier molecular flexibility index (Phi) is 9.84. The van der Waals surface area contributed by atoms with Gasteiger partial charge in [0.2, 0.25) is 0 Å². The van der Waals surface area contributed by atoms with Gasteiger partial charge in [-0.1, -0.05) is 48.5 Å². The second kappa shape index (κ2) is 14.0. The molecule has 3 aromatic carbocycles. The molecule has 1 saturated heterocycles. The summed E-state index contributed by atoms with van der Waals surface area (Å²) < 4.78 is 46.7. The molecule has 0 spiro atoms. The van der Waals surface area contributed by atoms with Gasteiger partial charge >= 0.3 is 24.3 Å². The molecule has 13 heteroatoms. The number of nitrogens with zero attached hydrogens (tertiary/aromatic N) is 4. The maximum atomic E-state index is 14.7. The summed E-state index contributed by atoms with van der Waals surface area (Å²) in [7, 11) is 0. The van der Waals surface area contributed by atoms with E-state index in [-0.39, 0.29) is 42.1 Å². The van der Waals surface area contributed by atoms with Crippen LogP contribution in [0.3, 0.4) is 0 Å². The summed E-state index contributed by atoms with van der Waals surface area (Å²) in [6.45, 7) is 0.640. The van der Waals surface area contributed by atoms with Gasteiger partial charge in [0.1, 0.15) is 13.2 Å². The molecule has 5 rings (SSSR count). The number of hydrogen-bond donors (Lipinski definition) is 1. The fourth-order valence-corrected chi connectivity index (χ4v) is 6.09. The van der Waals surface area contributed by atoms with E-state index in [4.69, 9.17) is 4.74 Å². The van der Waals surface area contributed by atoms with Crippen molar-refractivity contribution >= 4 is 29.6 Å². The first-order valence-electron chi connectivity index (χ1n) is 15.1. The van der Waals surface area contributed by atoms with E-state index in [2.05, 4.69) is 0 Å². The number of urea groups is 1. The highest BCUT2D eigenvalue weighted by Gasteiger charge is 2.46. The number of ether oxygens (including phenoxy) is 1. The number of aliphatic carboxylic acids is 1. The number of carboxylic acids is 1. The number of carboxylic acid groups (broad SMARTS) is 1. The van der Waals surface area contributed by atoms with Crippen LogP contribution in [0, 0.1) is 11.3 Å². The van der Waals surface area contributed by atoms with Gasteiger partial charge in [0.15, 0.2) is 5.78 Å². The number of hydrogen-bond acceptors (Lipinski definition) is 6. The van der Waals surface area contributed by atoms with Crippen LogP contribution in [-0.4, -0.2) is 57.9 Å². The van der Waals surface area contributed by atoms with Gasteiger partial charge in [-0.2, -0.15) is 18.4 Å². The third-order valence-corrected chi connectivity index (χ3v) is 8.35. The van der Waals surface area contributed by atoms with Gasteiger partial charge < -0.3 is 14.7 Å². The van der Waals surface area contributed by atoms with Crippen LogP contribution in [0.2, 0.25) is 0 Å². The van der Waals surface area contributed by atoms with E-state index in [1.807, 2.05) is 12.1 Å². The van der Waals surface area contributed by atoms with E-state index in [1.165, 1.54) is 42.2 Å². The van der Waals surface area contributed by atoms with Gasteiger partial charge in [0, 0.05) is 17.8 Å². The molecule has 0 aromatic heterocycles. The highest BCUT2D eigenvalue weighted by Crippen LogP contribution is 2.42. The number of piperidine rings is 1. The molecule has 0 radical (unpaired) electrons. The van der Waals surface area contributed by atoms with Crippen LogP contribution in [0.5, 0.6) is 0 Å². The predicted molar refractivity (Wildman–Crippen MR) is 166 cm³/mol. The zero-order valence-corrected chi connectivity index (χ0v) is 25.8. The molecule has 2 aliphatic rings. The molecule has 0 aliphatic carbocycles. The number of rotatable bonds is 8. The van der Waals surface area contributed by atoms with E-state index in [9.17, 15) is 42.7 Å². The molecule has 0 bridgehead atoms. The maximum absolute atomic E-state index is 14.7. The minimum Gasteiger partial charge on any atom is -0.480 e. The number of anilines is 1. The summed E-state index contributed by atoms with van der Waals surface area (Å²) in [6.07, 6.45) is -4.11. The molecular weight excluding hydrogens is 629 g/mol. The summed E-state index contributed by atoms with van der Waals surface area (Å²) in [6, 6.07) is 17.4. The first-order valence-corrected chi connectivity index (χ1v) is 15.1. The molecule has 0 saturated carbocycles. The summed E-state index contributed by atoms with van der Waals surface area (Å²) in [5.74, 6) is -2.04. The Balaban J connectivity index is 1.64. The minimum atomic E-state index is -4.75. The molecule has 2 atom stereocenters. The zero-order valence-electron chi connectivity index (χ0n) is 25.8. The second-order valence-electron chi connectivity index (χ2n) is 11.4. The molecule has 2 heterocycles. The topological polar surface area (TPSA) is 131 Å². The summed E-state index contributed by atoms with van der Waals surface area (Å²) >= 11 is 0. The molecule has 2 unspecified atom stereocenters. The van der Waals surface area contributed by atoms with Crippen molar-refractivity contribution in [1.29, 1.82) is 5.26 Å². The van der Waals surface area contributed by atoms with Gasteiger partial charge in [-0.15, -0.1) is 0 Å². The SMILES string of the molecule is CC1=C(C(=O)C2CCCCN2C(=O)OCc2ccccc2)C(c2ccc(C#N)cc2)N(CC(=O)O)C(=O)N1c1cccc(C(F)(F)F)c1. The Hall–Kier alpha value is -5.64. The summed E-state index contributed by atoms with van der Waals surface area (Å²) in [5.41, 5.74) is -0.0825.